The number of ether oxygens (including phenoxy) is 1. The topological polar surface area (TPSA) is 66.8 Å². The molecule has 0 aliphatic carbocycles. The van der Waals surface area contributed by atoms with E-state index in [1.165, 1.54) is 12.5 Å². The number of hydrogen-bond acceptors (Lipinski definition) is 4. The summed E-state index contributed by atoms with van der Waals surface area (Å²) in [4.78, 5) is 22.7. The van der Waals surface area contributed by atoms with Gasteiger partial charge in [0.2, 0.25) is 0 Å². The van der Waals surface area contributed by atoms with Crippen LogP contribution in [-0.2, 0) is 16.1 Å². The molecule has 0 spiro atoms. The van der Waals surface area contributed by atoms with Crippen molar-refractivity contribution >= 4 is 22.7 Å². The summed E-state index contributed by atoms with van der Waals surface area (Å²) in [6, 6.07) is 10.3. The van der Waals surface area contributed by atoms with E-state index in [1.54, 1.807) is 7.05 Å². The minimum atomic E-state index is -0.109. The first-order chi connectivity index (χ1) is 12.2. The van der Waals surface area contributed by atoms with E-state index in [4.69, 9.17) is 4.74 Å². The molecule has 0 atom stereocenters. The number of methoxy groups -OCH3 is 1. The largest absolute Gasteiger partial charge is 0.469 e. The van der Waals surface area contributed by atoms with Crippen LogP contribution in [-0.4, -0.2) is 49.1 Å². The summed E-state index contributed by atoms with van der Waals surface area (Å²) in [5, 5.41) is 5.74. The molecule has 1 fully saturated rings. The third-order valence-electron chi connectivity index (χ3n) is 4.71. The predicted molar refractivity (Wildman–Crippen MR) is 98.3 cm³/mol. The first kappa shape index (κ1) is 17.2. The van der Waals surface area contributed by atoms with Crippen LogP contribution in [0.25, 0.3) is 10.8 Å². The Bertz CT molecular complexity index is 762. The van der Waals surface area contributed by atoms with Gasteiger partial charge in [-0.05, 0) is 24.3 Å². The molecule has 0 amide bonds. The Morgan fingerprint density at radius 1 is 1.32 bits per heavy atom. The Morgan fingerprint density at radius 3 is 2.80 bits per heavy atom. The first-order valence-corrected chi connectivity index (χ1v) is 8.59. The van der Waals surface area contributed by atoms with E-state index in [1.807, 2.05) is 24.4 Å². The number of carbonyl (C=O) groups excluding carboxylic acids is 1. The fourth-order valence-electron chi connectivity index (χ4n) is 3.31. The molecule has 0 saturated carbocycles. The van der Waals surface area contributed by atoms with Crippen LogP contribution in [0.3, 0.4) is 0 Å². The van der Waals surface area contributed by atoms with Gasteiger partial charge in [-0.2, -0.15) is 0 Å². The van der Waals surface area contributed by atoms with Gasteiger partial charge in [-0.1, -0.05) is 24.3 Å². The van der Waals surface area contributed by atoms with Gasteiger partial charge in [0.1, 0.15) is 0 Å². The molecule has 1 aliphatic heterocycles. The lowest BCUT2D eigenvalue weighted by atomic mass is 9.97. The molecule has 1 N–H and O–H groups in total. The van der Waals surface area contributed by atoms with Gasteiger partial charge in [0.25, 0.3) is 0 Å². The highest BCUT2D eigenvalue weighted by Crippen LogP contribution is 2.19. The number of likely N-dealkylation sites (tertiary alicyclic amines) is 1. The number of nitrogens with zero attached hydrogens (tertiary/aromatic N) is 3. The van der Waals surface area contributed by atoms with Gasteiger partial charge in [-0.3, -0.25) is 14.8 Å². The van der Waals surface area contributed by atoms with Crippen LogP contribution in [0.1, 0.15) is 18.5 Å². The van der Waals surface area contributed by atoms with Crippen LogP contribution in [0.4, 0.5) is 0 Å². The molecular formula is C19H24N4O2. The third kappa shape index (κ3) is 3.90. The van der Waals surface area contributed by atoms with Gasteiger partial charge in [-0.25, -0.2) is 0 Å². The third-order valence-corrected chi connectivity index (χ3v) is 4.71. The number of aliphatic imine (C=N–C) groups is 1. The number of rotatable bonds is 3. The lowest BCUT2D eigenvalue weighted by molar-refractivity contribution is -0.146. The summed E-state index contributed by atoms with van der Waals surface area (Å²) >= 11 is 0. The summed E-state index contributed by atoms with van der Waals surface area (Å²) in [6.07, 6.45) is 3.42. The Hall–Kier alpha value is -2.63. The summed E-state index contributed by atoms with van der Waals surface area (Å²) in [6.45, 7) is 2.20. The highest BCUT2D eigenvalue weighted by molar-refractivity contribution is 5.85. The van der Waals surface area contributed by atoms with Gasteiger partial charge in [0, 0.05) is 31.7 Å². The van der Waals surface area contributed by atoms with Crippen molar-refractivity contribution in [3.8, 4) is 0 Å². The van der Waals surface area contributed by atoms with Gasteiger partial charge >= 0.3 is 5.97 Å². The summed E-state index contributed by atoms with van der Waals surface area (Å²) < 4.78 is 4.85. The van der Waals surface area contributed by atoms with Crippen molar-refractivity contribution in [3.63, 3.8) is 0 Å². The van der Waals surface area contributed by atoms with Crippen LogP contribution in [0, 0.1) is 5.92 Å². The zero-order chi connectivity index (χ0) is 17.6. The molecule has 2 aromatic rings. The number of hydrogen-bond donors (Lipinski definition) is 1. The Balaban J connectivity index is 1.63. The average Bonchev–Trinajstić information content (AvgIpc) is 2.68. The Kier molecular flexibility index (Phi) is 5.48. The number of piperidine rings is 1. The number of esters is 1. The number of pyridine rings is 1. The van der Waals surface area contributed by atoms with Crippen molar-refractivity contribution < 1.29 is 9.53 Å². The van der Waals surface area contributed by atoms with Crippen molar-refractivity contribution in [2.45, 2.75) is 19.4 Å². The molecule has 6 heteroatoms. The molecule has 1 saturated heterocycles. The van der Waals surface area contributed by atoms with Gasteiger partial charge < -0.3 is 15.0 Å². The monoisotopic (exact) mass is 340 g/mol. The van der Waals surface area contributed by atoms with E-state index in [9.17, 15) is 4.79 Å². The van der Waals surface area contributed by atoms with E-state index in [0.29, 0.717) is 6.54 Å². The molecule has 1 aliphatic rings. The standard InChI is InChI=1S/C19H24N4O2/c1-20-19(23-11-8-15(9-12-23)18(24)25-2)22-13-17-16-6-4-3-5-14(16)7-10-21-17/h3-7,10,15H,8-9,11-13H2,1-2H3,(H,20,22). The summed E-state index contributed by atoms with van der Waals surface area (Å²) in [5.74, 6) is 0.736. The molecule has 132 valence electrons. The number of aromatic nitrogens is 1. The van der Waals surface area contributed by atoms with Crippen molar-refractivity contribution in [2.24, 2.45) is 10.9 Å². The molecule has 0 radical (unpaired) electrons. The average molecular weight is 340 g/mol. The summed E-state index contributed by atoms with van der Waals surface area (Å²) in [7, 11) is 3.23. The normalized spacial score (nSPS) is 16.1. The summed E-state index contributed by atoms with van der Waals surface area (Å²) in [5.41, 5.74) is 1.00. The Morgan fingerprint density at radius 2 is 2.08 bits per heavy atom. The van der Waals surface area contributed by atoms with Crippen molar-refractivity contribution in [2.75, 3.05) is 27.2 Å². The highest BCUT2D eigenvalue weighted by Gasteiger charge is 2.26. The molecular weight excluding hydrogens is 316 g/mol. The van der Waals surface area contributed by atoms with Gasteiger partial charge in [-0.15, -0.1) is 0 Å². The van der Waals surface area contributed by atoms with Gasteiger partial charge in [0.05, 0.1) is 25.3 Å². The number of carbonyl (C=O) groups is 1. The van der Waals surface area contributed by atoms with Crippen LogP contribution < -0.4 is 5.32 Å². The molecule has 0 bridgehead atoms. The molecule has 0 unspecified atom stereocenters. The lowest BCUT2D eigenvalue weighted by Crippen LogP contribution is -2.46. The fourth-order valence-corrected chi connectivity index (χ4v) is 3.31. The minimum absolute atomic E-state index is 0.000843. The van der Waals surface area contributed by atoms with Crippen molar-refractivity contribution in [1.29, 1.82) is 0 Å². The second-order valence-electron chi connectivity index (χ2n) is 6.16. The zero-order valence-corrected chi connectivity index (χ0v) is 14.7. The number of benzene rings is 1. The molecule has 3 rings (SSSR count). The van der Waals surface area contributed by atoms with Crippen molar-refractivity contribution in [1.82, 2.24) is 15.2 Å². The van der Waals surface area contributed by atoms with Crippen molar-refractivity contribution in [3.05, 3.63) is 42.2 Å². The maximum absolute atomic E-state index is 11.7. The van der Waals surface area contributed by atoms with E-state index in [-0.39, 0.29) is 11.9 Å². The molecule has 25 heavy (non-hydrogen) atoms. The van der Waals surface area contributed by atoms with E-state index in [0.717, 1.165) is 43.0 Å². The van der Waals surface area contributed by atoms with Gasteiger partial charge in [0.15, 0.2) is 5.96 Å². The highest BCUT2D eigenvalue weighted by atomic mass is 16.5. The van der Waals surface area contributed by atoms with E-state index < -0.39 is 0 Å². The fraction of sp³-hybridized carbons (Fsp3) is 0.421. The lowest BCUT2D eigenvalue weighted by Gasteiger charge is -2.33. The minimum Gasteiger partial charge on any atom is -0.469 e. The number of guanidine groups is 1. The maximum Gasteiger partial charge on any atom is 0.308 e. The van der Waals surface area contributed by atoms with Crippen LogP contribution in [0.2, 0.25) is 0 Å². The zero-order valence-electron chi connectivity index (χ0n) is 14.7. The molecule has 1 aromatic carbocycles. The van der Waals surface area contributed by atoms with E-state index >= 15 is 0 Å². The second kappa shape index (κ2) is 7.96. The quantitative estimate of drug-likeness (QED) is 0.527. The molecule has 6 nitrogen and oxygen atoms in total. The Labute approximate surface area is 147 Å². The SMILES string of the molecule is CN=C(NCc1nccc2ccccc12)N1CCC(C(=O)OC)CC1. The predicted octanol–water partition coefficient (Wildman–Crippen LogP) is 2.20. The smallest absolute Gasteiger partial charge is 0.308 e. The second-order valence-corrected chi connectivity index (χ2v) is 6.16. The van der Waals surface area contributed by atoms with Crippen LogP contribution in [0.15, 0.2) is 41.5 Å². The van der Waals surface area contributed by atoms with Crippen LogP contribution in [0.5, 0.6) is 0 Å². The van der Waals surface area contributed by atoms with E-state index in [2.05, 4.69) is 32.3 Å². The molecule has 1 aromatic heterocycles. The van der Waals surface area contributed by atoms with Crippen LogP contribution >= 0.6 is 0 Å². The first-order valence-electron chi connectivity index (χ1n) is 8.59. The number of fused-ring (bicyclic) bond motifs is 1. The molecule has 2 heterocycles. The number of nitrogens with one attached hydrogen (secondary N) is 1. The maximum atomic E-state index is 11.7.